The fourth-order valence-corrected chi connectivity index (χ4v) is 6.10. The Morgan fingerprint density at radius 3 is 2.06 bits per heavy atom. The van der Waals surface area contributed by atoms with Gasteiger partial charge in [0.2, 0.25) is 16.0 Å². The maximum atomic E-state index is 13.7. The lowest BCUT2D eigenvalue weighted by molar-refractivity contribution is -0.143. The molecule has 0 bridgehead atoms. The predicted octanol–water partition coefficient (Wildman–Crippen LogP) is 7.33. The van der Waals surface area contributed by atoms with Crippen molar-refractivity contribution in [2.24, 2.45) is 0 Å². The molecule has 262 valence electrons. The third-order valence-electron chi connectivity index (χ3n) is 7.51. The number of alkyl halides is 9. The SMILES string of the molecule is CCOC(=O)N1c2ccc(C(F)(F)F)cc2[C@@H](Nc2ncc(S(=O)(=O)NC)c(Cc3cc(C(F)(F)F)cc(C(F)(F)F)c3)n2)C[C@H]1CC. The van der Waals surface area contributed by atoms with Crippen LogP contribution in [0.2, 0.25) is 0 Å². The summed E-state index contributed by atoms with van der Waals surface area (Å²) in [5, 5.41) is 2.82. The van der Waals surface area contributed by atoms with Crippen molar-refractivity contribution in [2.45, 2.75) is 68.6 Å². The van der Waals surface area contributed by atoms with Crippen LogP contribution in [0.25, 0.3) is 0 Å². The van der Waals surface area contributed by atoms with Crippen LogP contribution >= 0.6 is 0 Å². The summed E-state index contributed by atoms with van der Waals surface area (Å²) in [6.45, 7) is 3.26. The number of benzene rings is 2. The third-order valence-corrected chi connectivity index (χ3v) is 8.97. The zero-order valence-electron chi connectivity index (χ0n) is 25.3. The molecule has 0 unspecified atom stereocenters. The minimum atomic E-state index is -5.18. The Morgan fingerprint density at radius 1 is 0.938 bits per heavy atom. The van der Waals surface area contributed by atoms with E-state index >= 15 is 0 Å². The number of rotatable bonds is 8. The fraction of sp³-hybridized carbons (Fsp3) is 0.414. The molecule has 0 saturated carbocycles. The molecule has 1 aliphatic rings. The number of ether oxygens (including phenoxy) is 1. The van der Waals surface area contributed by atoms with E-state index in [2.05, 4.69) is 15.3 Å². The van der Waals surface area contributed by atoms with E-state index in [-0.39, 0.29) is 30.3 Å². The van der Waals surface area contributed by atoms with Crippen molar-refractivity contribution in [2.75, 3.05) is 23.9 Å². The molecule has 2 atom stereocenters. The molecule has 0 aliphatic carbocycles. The Labute approximate surface area is 268 Å². The molecule has 0 radical (unpaired) electrons. The summed E-state index contributed by atoms with van der Waals surface area (Å²) >= 11 is 0. The van der Waals surface area contributed by atoms with Gasteiger partial charge in [-0.1, -0.05) is 6.92 Å². The van der Waals surface area contributed by atoms with E-state index in [1.165, 1.54) is 4.90 Å². The van der Waals surface area contributed by atoms with Gasteiger partial charge in [0.05, 0.1) is 46.9 Å². The van der Waals surface area contributed by atoms with Gasteiger partial charge in [-0.2, -0.15) is 39.5 Å². The van der Waals surface area contributed by atoms with Gasteiger partial charge < -0.3 is 10.1 Å². The minimum absolute atomic E-state index is 0.0124. The molecule has 1 amide bonds. The summed E-state index contributed by atoms with van der Waals surface area (Å²) in [7, 11) is -3.40. The molecule has 0 fully saturated rings. The van der Waals surface area contributed by atoms with Crippen molar-refractivity contribution < 1.29 is 57.5 Å². The van der Waals surface area contributed by atoms with Gasteiger partial charge in [0.1, 0.15) is 4.90 Å². The number of fused-ring (bicyclic) bond motifs is 1. The minimum Gasteiger partial charge on any atom is -0.449 e. The number of hydrogen-bond acceptors (Lipinski definition) is 7. The summed E-state index contributed by atoms with van der Waals surface area (Å²) in [4.78, 5) is 21.5. The maximum Gasteiger partial charge on any atom is 0.416 e. The van der Waals surface area contributed by atoms with Crippen LogP contribution in [-0.2, 0) is 39.7 Å². The average Bonchev–Trinajstić information content (AvgIpc) is 2.99. The molecule has 9 nitrogen and oxygen atoms in total. The summed E-state index contributed by atoms with van der Waals surface area (Å²) in [5.74, 6) is -0.393. The van der Waals surface area contributed by atoms with Crippen LogP contribution in [0.3, 0.4) is 0 Å². The maximum absolute atomic E-state index is 13.7. The van der Waals surface area contributed by atoms with Gasteiger partial charge in [0.25, 0.3) is 0 Å². The molecule has 2 aromatic carbocycles. The normalized spacial score (nSPS) is 17.2. The second-order valence-corrected chi connectivity index (χ2v) is 12.5. The van der Waals surface area contributed by atoms with Crippen LogP contribution < -0.4 is 14.9 Å². The molecular formula is C29H28F9N5O4S. The molecule has 3 aromatic rings. The highest BCUT2D eigenvalue weighted by Crippen LogP contribution is 2.43. The quantitative estimate of drug-likeness (QED) is 0.235. The number of anilines is 2. The van der Waals surface area contributed by atoms with Crippen LogP contribution in [-0.4, -0.2) is 44.2 Å². The zero-order valence-corrected chi connectivity index (χ0v) is 26.1. The number of nitrogens with one attached hydrogen (secondary N) is 2. The lowest BCUT2D eigenvalue weighted by Crippen LogP contribution is -2.46. The molecular weight excluding hydrogens is 685 g/mol. The molecule has 2 N–H and O–H groups in total. The van der Waals surface area contributed by atoms with Crippen LogP contribution in [0.5, 0.6) is 0 Å². The van der Waals surface area contributed by atoms with Gasteiger partial charge in [-0.05, 0) is 74.3 Å². The smallest absolute Gasteiger partial charge is 0.416 e. The van der Waals surface area contributed by atoms with E-state index < -0.39 is 91.9 Å². The highest BCUT2D eigenvalue weighted by Gasteiger charge is 2.40. The van der Waals surface area contributed by atoms with Gasteiger partial charge in [0.15, 0.2) is 0 Å². The largest absolute Gasteiger partial charge is 0.449 e. The zero-order chi connectivity index (χ0) is 35.8. The molecule has 48 heavy (non-hydrogen) atoms. The third kappa shape index (κ3) is 7.94. The van der Waals surface area contributed by atoms with E-state index in [1.807, 2.05) is 4.72 Å². The molecule has 2 heterocycles. The molecule has 1 aliphatic heterocycles. The summed E-state index contributed by atoms with van der Waals surface area (Å²) < 4.78 is 155. The highest BCUT2D eigenvalue weighted by molar-refractivity contribution is 7.89. The van der Waals surface area contributed by atoms with Gasteiger partial charge in [-0.15, -0.1) is 0 Å². The van der Waals surface area contributed by atoms with Crippen molar-refractivity contribution in [3.8, 4) is 0 Å². The topological polar surface area (TPSA) is 114 Å². The first-order valence-corrected chi connectivity index (χ1v) is 15.7. The number of carbonyl (C=O) groups is 1. The molecule has 1 aromatic heterocycles. The number of sulfonamides is 1. The van der Waals surface area contributed by atoms with Gasteiger partial charge in [-0.25, -0.2) is 27.9 Å². The van der Waals surface area contributed by atoms with Crippen molar-refractivity contribution >= 4 is 27.8 Å². The first-order chi connectivity index (χ1) is 22.2. The van der Waals surface area contributed by atoms with Gasteiger partial charge in [-0.3, -0.25) is 4.90 Å². The fourth-order valence-electron chi connectivity index (χ4n) is 5.26. The summed E-state index contributed by atoms with van der Waals surface area (Å²) in [5.41, 5.74) is -5.34. The number of hydrogen-bond donors (Lipinski definition) is 2. The Morgan fingerprint density at radius 2 is 1.54 bits per heavy atom. The Hall–Kier alpha value is -4.13. The number of halogens is 9. The van der Waals surface area contributed by atoms with E-state index in [0.717, 1.165) is 31.4 Å². The molecule has 0 spiro atoms. The Bertz CT molecular complexity index is 1750. The number of amides is 1. The number of carbonyl (C=O) groups excluding carboxylic acids is 1. The Balaban J connectivity index is 1.84. The second kappa shape index (κ2) is 13.4. The molecule has 0 saturated heterocycles. The van der Waals surface area contributed by atoms with Crippen LogP contribution in [0.1, 0.15) is 66.2 Å². The van der Waals surface area contributed by atoms with Crippen LogP contribution in [0, 0.1) is 0 Å². The standard InChI is InChI=1S/C29H28F9N5O4S/c1-4-19-13-21(20-12-16(27(30,31)32)6-7-23(20)43(19)26(44)47-5-2)41-25-40-14-24(48(45,46)39-3)22(42-25)10-15-8-17(28(33,34)35)11-18(9-15)29(36,37)38/h6-9,11-12,14,19,21,39H,4-5,10,13H2,1-3H3,(H,40,41,42)/t19-,21+/m1/s1. The van der Waals surface area contributed by atoms with E-state index in [1.54, 1.807) is 13.8 Å². The van der Waals surface area contributed by atoms with E-state index in [0.29, 0.717) is 18.6 Å². The van der Waals surface area contributed by atoms with Gasteiger partial charge >= 0.3 is 24.6 Å². The van der Waals surface area contributed by atoms with Crippen LogP contribution in [0.4, 0.5) is 55.9 Å². The van der Waals surface area contributed by atoms with Gasteiger partial charge in [0, 0.05) is 12.5 Å². The predicted molar refractivity (Wildman–Crippen MR) is 154 cm³/mol. The molecule has 4 rings (SSSR count). The van der Waals surface area contributed by atoms with Crippen molar-refractivity contribution in [1.29, 1.82) is 0 Å². The van der Waals surface area contributed by atoms with E-state index in [4.69, 9.17) is 4.74 Å². The van der Waals surface area contributed by atoms with Crippen molar-refractivity contribution in [3.05, 3.63) is 76.1 Å². The number of nitrogens with zero attached hydrogens (tertiary/aromatic N) is 3. The lowest BCUT2D eigenvalue weighted by atomic mass is 9.89. The van der Waals surface area contributed by atoms with Crippen molar-refractivity contribution in [1.82, 2.24) is 14.7 Å². The second-order valence-electron chi connectivity index (χ2n) is 10.6. The average molecular weight is 714 g/mol. The van der Waals surface area contributed by atoms with Crippen molar-refractivity contribution in [3.63, 3.8) is 0 Å². The summed E-state index contributed by atoms with van der Waals surface area (Å²) in [6.07, 6.45) is -15.7. The lowest BCUT2D eigenvalue weighted by Gasteiger charge is -2.40. The van der Waals surface area contributed by atoms with Crippen LogP contribution in [0.15, 0.2) is 47.5 Å². The first kappa shape index (κ1) is 36.7. The Kier molecular flexibility index (Phi) is 10.3. The monoisotopic (exact) mass is 713 g/mol. The first-order valence-electron chi connectivity index (χ1n) is 14.2. The molecule has 19 heteroatoms. The number of aromatic nitrogens is 2. The van der Waals surface area contributed by atoms with E-state index in [9.17, 15) is 52.7 Å². The highest BCUT2D eigenvalue weighted by atomic mass is 32.2. The summed E-state index contributed by atoms with van der Waals surface area (Å²) in [6, 6.07) is 1.83.